The molecular weight excluding hydrogens is 306 g/mol. The number of aromatic nitrogens is 1. The van der Waals surface area contributed by atoms with Crippen molar-refractivity contribution in [3.8, 4) is 11.5 Å². The Morgan fingerprint density at radius 3 is 2.78 bits per heavy atom. The summed E-state index contributed by atoms with van der Waals surface area (Å²) in [5.41, 5.74) is 5.95. The highest BCUT2D eigenvalue weighted by molar-refractivity contribution is 9.10. The quantitative estimate of drug-likeness (QED) is 0.884. The van der Waals surface area contributed by atoms with E-state index in [-0.39, 0.29) is 12.3 Å². The first-order valence-corrected chi connectivity index (χ1v) is 5.87. The number of hydrogen-bond donors (Lipinski definition) is 1. The SMILES string of the molecule is NCc1ncccc1Oc1cc(Br)cc(F)c1F. The molecule has 1 aromatic carbocycles. The molecule has 0 spiro atoms. The van der Waals surface area contributed by atoms with Crippen LogP contribution in [-0.4, -0.2) is 4.98 Å². The van der Waals surface area contributed by atoms with Crippen LogP contribution in [0.1, 0.15) is 5.69 Å². The van der Waals surface area contributed by atoms with Gasteiger partial charge < -0.3 is 10.5 Å². The van der Waals surface area contributed by atoms with Crippen molar-refractivity contribution in [3.63, 3.8) is 0 Å². The van der Waals surface area contributed by atoms with Crippen LogP contribution in [0.5, 0.6) is 11.5 Å². The Bertz CT molecular complexity index is 578. The summed E-state index contributed by atoms with van der Waals surface area (Å²) >= 11 is 3.07. The Morgan fingerprint density at radius 2 is 2.06 bits per heavy atom. The van der Waals surface area contributed by atoms with E-state index >= 15 is 0 Å². The van der Waals surface area contributed by atoms with Crippen LogP contribution in [0.15, 0.2) is 34.9 Å². The highest BCUT2D eigenvalue weighted by atomic mass is 79.9. The molecule has 0 radical (unpaired) electrons. The highest BCUT2D eigenvalue weighted by Crippen LogP contribution is 2.30. The fourth-order valence-corrected chi connectivity index (χ4v) is 1.80. The van der Waals surface area contributed by atoms with Crippen LogP contribution < -0.4 is 10.5 Å². The van der Waals surface area contributed by atoms with Crippen molar-refractivity contribution >= 4 is 15.9 Å². The lowest BCUT2D eigenvalue weighted by Gasteiger charge is -2.10. The standard InChI is InChI=1S/C12H9BrF2N2O/c13-7-4-8(14)12(15)11(5-7)18-10-2-1-3-17-9(10)6-16/h1-5H,6,16H2. The molecule has 2 rings (SSSR count). The van der Waals surface area contributed by atoms with Crippen LogP contribution in [0.2, 0.25) is 0 Å². The first kappa shape index (κ1) is 12.9. The van der Waals surface area contributed by atoms with Crippen LogP contribution in [0.4, 0.5) is 8.78 Å². The van der Waals surface area contributed by atoms with Gasteiger partial charge in [-0.05, 0) is 24.3 Å². The number of nitrogens with two attached hydrogens (primary N) is 1. The van der Waals surface area contributed by atoms with Gasteiger partial charge in [0.05, 0.1) is 5.69 Å². The third kappa shape index (κ3) is 2.65. The number of hydrogen-bond acceptors (Lipinski definition) is 3. The molecule has 6 heteroatoms. The molecule has 0 fully saturated rings. The van der Waals surface area contributed by atoms with Gasteiger partial charge in [0.15, 0.2) is 11.6 Å². The Morgan fingerprint density at radius 1 is 1.28 bits per heavy atom. The summed E-state index contributed by atoms with van der Waals surface area (Å²) in [5.74, 6) is -1.96. The first-order chi connectivity index (χ1) is 8.61. The molecule has 0 saturated heterocycles. The molecule has 3 nitrogen and oxygen atoms in total. The van der Waals surface area contributed by atoms with E-state index in [0.29, 0.717) is 15.9 Å². The van der Waals surface area contributed by atoms with Gasteiger partial charge in [0.2, 0.25) is 5.82 Å². The fraction of sp³-hybridized carbons (Fsp3) is 0.0833. The second kappa shape index (κ2) is 5.41. The molecule has 0 bridgehead atoms. The van der Waals surface area contributed by atoms with Crippen molar-refractivity contribution in [1.29, 1.82) is 0 Å². The maximum absolute atomic E-state index is 13.5. The summed E-state index contributed by atoms with van der Waals surface area (Å²) in [6.45, 7) is 0.147. The van der Waals surface area contributed by atoms with E-state index in [4.69, 9.17) is 10.5 Å². The maximum Gasteiger partial charge on any atom is 0.201 e. The lowest BCUT2D eigenvalue weighted by molar-refractivity contribution is 0.410. The van der Waals surface area contributed by atoms with Gasteiger partial charge in [-0.15, -0.1) is 0 Å². The molecule has 0 aliphatic carbocycles. The van der Waals surface area contributed by atoms with Crippen LogP contribution in [0.3, 0.4) is 0 Å². The average Bonchev–Trinajstić information content (AvgIpc) is 2.36. The molecule has 0 saturated carbocycles. The predicted octanol–water partition coefficient (Wildman–Crippen LogP) is 3.37. The smallest absolute Gasteiger partial charge is 0.201 e. The van der Waals surface area contributed by atoms with Gasteiger partial charge in [0.1, 0.15) is 5.75 Å². The minimum Gasteiger partial charge on any atom is -0.452 e. The van der Waals surface area contributed by atoms with Crippen molar-refractivity contribution in [3.05, 3.63) is 52.3 Å². The largest absolute Gasteiger partial charge is 0.452 e. The zero-order chi connectivity index (χ0) is 13.1. The van der Waals surface area contributed by atoms with E-state index in [1.807, 2.05) is 0 Å². The maximum atomic E-state index is 13.5. The third-order valence-corrected chi connectivity index (χ3v) is 2.68. The topological polar surface area (TPSA) is 48.1 Å². The average molecular weight is 315 g/mol. The van der Waals surface area contributed by atoms with Crippen LogP contribution in [0.25, 0.3) is 0 Å². The Labute approximate surface area is 111 Å². The molecule has 0 aliphatic heterocycles. The molecule has 1 aromatic heterocycles. The molecule has 0 unspecified atom stereocenters. The van der Waals surface area contributed by atoms with Crippen LogP contribution in [-0.2, 0) is 6.54 Å². The molecule has 0 amide bonds. The van der Waals surface area contributed by atoms with Crippen LogP contribution >= 0.6 is 15.9 Å². The summed E-state index contributed by atoms with van der Waals surface area (Å²) in [7, 11) is 0. The number of benzene rings is 1. The monoisotopic (exact) mass is 314 g/mol. The van der Waals surface area contributed by atoms with Crippen molar-refractivity contribution in [2.24, 2.45) is 5.73 Å². The summed E-state index contributed by atoms with van der Waals surface area (Å²) < 4.78 is 32.4. The number of halogens is 3. The second-order valence-corrected chi connectivity index (χ2v) is 4.37. The Kier molecular flexibility index (Phi) is 3.88. The Balaban J connectivity index is 2.40. The van der Waals surface area contributed by atoms with Crippen molar-refractivity contribution in [2.45, 2.75) is 6.54 Å². The zero-order valence-electron chi connectivity index (χ0n) is 9.16. The van der Waals surface area contributed by atoms with Gasteiger partial charge in [-0.1, -0.05) is 15.9 Å². The van der Waals surface area contributed by atoms with E-state index in [2.05, 4.69) is 20.9 Å². The van der Waals surface area contributed by atoms with E-state index < -0.39 is 11.6 Å². The van der Waals surface area contributed by atoms with Crippen molar-refractivity contribution in [1.82, 2.24) is 4.98 Å². The van der Waals surface area contributed by atoms with E-state index in [0.717, 1.165) is 6.07 Å². The van der Waals surface area contributed by atoms with E-state index in [1.54, 1.807) is 18.3 Å². The molecule has 18 heavy (non-hydrogen) atoms. The predicted molar refractivity (Wildman–Crippen MR) is 66.3 cm³/mol. The fourth-order valence-electron chi connectivity index (χ4n) is 1.39. The Hall–Kier alpha value is -1.53. The van der Waals surface area contributed by atoms with Gasteiger partial charge in [-0.3, -0.25) is 4.98 Å². The van der Waals surface area contributed by atoms with Gasteiger partial charge in [0, 0.05) is 17.2 Å². The summed E-state index contributed by atoms with van der Waals surface area (Å²) in [4.78, 5) is 3.99. The molecule has 2 aromatic rings. The summed E-state index contributed by atoms with van der Waals surface area (Å²) in [6, 6.07) is 5.58. The third-order valence-electron chi connectivity index (χ3n) is 2.22. The van der Waals surface area contributed by atoms with Gasteiger partial charge in [-0.2, -0.15) is 4.39 Å². The number of nitrogens with zero attached hydrogens (tertiary/aromatic N) is 1. The van der Waals surface area contributed by atoms with Gasteiger partial charge >= 0.3 is 0 Å². The molecule has 94 valence electrons. The van der Waals surface area contributed by atoms with Crippen molar-refractivity contribution in [2.75, 3.05) is 0 Å². The summed E-state index contributed by atoms with van der Waals surface area (Å²) in [5, 5.41) is 0. The van der Waals surface area contributed by atoms with Gasteiger partial charge in [0.25, 0.3) is 0 Å². The number of rotatable bonds is 3. The number of ether oxygens (including phenoxy) is 1. The van der Waals surface area contributed by atoms with E-state index in [1.165, 1.54) is 6.07 Å². The second-order valence-electron chi connectivity index (χ2n) is 3.45. The minimum absolute atomic E-state index is 0.147. The van der Waals surface area contributed by atoms with Crippen molar-refractivity contribution < 1.29 is 13.5 Å². The molecule has 0 aliphatic rings. The first-order valence-electron chi connectivity index (χ1n) is 5.08. The molecular formula is C12H9BrF2N2O. The highest BCUT2D eigenvalue weighted by Gasteiger charge is 2.13. The minimum atomic E-state index is -1.05. The van der Waals surface area contributed by atoms with E-state index in [9.17, 15) is 8.78 Å². The molecule has 2 N–H and O–H groups in total. The molecule has 1 heterocycles. The van der Waals surface area contributed by atoms with Gasteiger partial charge in [-0.25, -0.2) is 4.39 Å². The molecule has 0 atom stereocenters. The normalized spacial score (nSPS) is 10.4. The zero-order valence-corrected chi connectivity index (χ0v) is 10.7. The summed E-state index contributed by atoms with van der Waals surface area (Å²) in [6.07, 6.45) is 1.55. The number of pyridine rings is 1. The lowest BCUT2D eigenvalue weighted by Crippen LogP contribution is -2.02. The lowest BCUT2D eigenvalue weighted by atomic mass is 10.3. The van der Waals surface area contributed by atoms with Crippen LogP contribution in [0, 0.1) is 11.6 Å².